The van der Waals surface area contributed by atoms with Gasteiger partial charge in [-0.25, -0.2) is 5.01 Å². The minimum absolute atomic E-state index is 0.00469. The second-order valence-corrected chi connectivity index (χ2v) is 8.25. The van der Waals surface area contributed by atoms with Crippen LogP contribution in [0, 0.1) is 32.1 Å². The highest BCUT2D eigenvalue weighted by molar-refractivity contribution is 6.30. The van der Waals surface area contributed by atoms with Gasteiger partial charge < -0.3 is 0 Å². The molecule has 2 atom stereocenters. The summed E-state index contributed by atoms with van der Waals surface area (Å²) in [6.45, 7) is -0.553. The fourth-order valence-electron chi connectivity index (χ4n) is 4.21. The van der Waals surface area contributed by atoms with Crippen LogP contribution in [0.2, 0.25) is 5.02 Å². The molecule has 1 heterocycles. The van der Waals surface area contributed by atoms with Crippen molar-refractivity contribution in [1.29, 1.82) is 0 Å². The standard InChI is InChI=1S/C22H17ClN4O7/c23-14-10-9-13(19(11-14)27(33)34)12-24(20(28)17-7-3-4-8-18(17)26(31)32)25-21(29)15-5-1-2-6-16(15)22(25)30/h1-4,7-11,15-16H,5-6,12H2/t15-,16-/m0/s1. The van der Waals surface area contributed by atoms with Crippen molar-refractivity contribution in [1.82, 2.24) is 10.0 Å². The average Bonchev–Trinajstić information content (AvgIpc) is 3.08. The number of hydrogen-bond acceptors (Lipinski definition) is 7. The van der Waals surface area contributed by atoms with E-state index < -0.39 is 57.3 Å². The molecule has 0 N–H and O–H groups in total. The lowest BCUT2D eigenvalue weighted by Gasteiger charge is -2.30. The van der Waals surface area contributed by atoms with Gasteiger partial charge >= 0.3 is 0 Å². The predicted molar refractivity (Wildman–Crippen MR) is 118 cm³/mol. The van der Waals surface area contributed by atoms with Gasteiger partial charge in [0.25, 0.3) is 29.1 Å². The van der Waals surface area contributed by atoms with Crippen LogP contribution < -0.4 is 0 Å². The number of allylic oxidation sites excluding steroid dienone is 2. The summed E-state index contributed by atoms with van der Waals surface area (Å²) in [7, 11) is 0. The summed E-state index contributed by atoms with van der Waals surface area (Å²) in [5.74, 6) is -3.65. The summed E-state index contributed by atoms with van der Waals surface area (Å²) >= 11 is 5.88. The van der Waals surface area contributed by atoms with Crippen molar-refractivity contribution >= 4 is 40.7 Å². The number of benzene rings is 2. The zero-order chi connectivity index (χ0) is 24.6. The first-order valence-electron chi connectivity index (χ1n) is 10.2. The summed E-state index contributed by atoms with van der Waals surface area (Å²) < 4.78 is 0. The summed E-state index contributed by atoms with van der Waals surface area (Å²) in [5.41, 5.74) is -1.32. The Bertz CT molecular complexity index is 1240. The molecule has 34 heavy (non-hydrogen) atoms. The topological polar surface area (TPSA) is 144 Å². The Morgan fingerprint density at radius 1 is 0.971 bits per heavy atom. The van der Waals surface area contributed by atoms with E-state index in [1.54, 1.807) is 12.2 Å². The lowest BCUT2D eigenvalue weighted by atomic mass is 9.85. The molecular weight excluding hydrogens is 468 g/mol. The van der Waals surface area contributed by atoms with Gasteiger partial charge in [0.15, 0.2) is 0 Å². The first-order valence-corrected chi connectivity index (χ1v) is 10.6. The van der Waals surface area contributed by atoms with Crippen LogP contribution in [-0.2, 0) is 16.1 Å². The van der Waals surface area contributed by atoms with Crippen molar-refractivity contribution in [3.63, 3.8) is 0 Å². The number of imide groups is 1. The second kappa shape index (κ2) is 9.02. The van der Waals surface area contributed by atoms with Crippen LogP contribution in [0.1, 0.15) is 28.8 Å². The van der Waals surface area contributed by atoms with Gasteiger partial charge in [-0.2, -0.15) is 5.01 Å². The number of carbonyl (C=O) groups excluding carboxylic acids is 3. The highest BCUT2D eigenvalue weighted by Crippen LogP contribution is 2.37. The normalized spacial score (nSPS) is 19.1. The van der Waals surface area contributed by atoms with Crippen LogP contribution in [-0.4, -0.2) is 37.6 Å². The molecule has 1 saturated heterocycles. The Hall–Kier alpha value is -4.12. The SMILES string of the molecule is O=C(c1ccccc1[N+](=O)[O-])N(Cc1ccc(Cl)cc1[N+](=O)[O-])N1C(=O)[C@H]2CC=CC[C@@H]2C1=O. The lowest BCUT2D eigenvalue weighted by Crippen LogP contribution is -2.50. The molecule has 12 heteroatoms. The molecule has 1 aliphatic carbocycles. The highest BCUT2D eigenvalue weighted by Gasteiger charge is 2.51. The van der Waals surface area contributed by atoms with Crippen LogP contribution in [0.25, 0.3) is 0 Å². The molecule has 0 bridgehead atoms. The second-order valence-electron chi connectivity index (χ2n) is 7.81. The number of fused-ring (bicyclic) bond motifs is 1. The van der Waals surface area contributed by atoms with E-state index in [1.165, 1.54) is 30.3 Å². The third-order valence-electron chi connectivity index (χ3n) is 5.86. The number of amides is 3. The minimum Gasteiger partial charge on any atom is -0.272 e. The fourth-order valence-corrected chi connectivity index (χ4v) is 4.38. The smallest absolute Gasteiger partial charge is 0.272 e. The molecular formula is C22H17ClN4O7. The largest absolute Gasteiger partial charge is 0.282 e. The third kappa shape index (κ3) is 4.01. The quantitative estimate of drug-likeness (QED) is 0.263. The Morgan fingerprint density at radius 2 is 1.56 bits per heavy atom. The predicted octanol–water partition coefficient (Wildman–Crippen LogP) is 3.67. The van der Waals surface area contributed by atoms with Crippen molar-refractivity contribution in [2.45, 2.75) is 19.4 Å². The highest BCUT2D eigenvalue weighted by atomic mass is 35.5. The number of carbonyl (C=O) groups is 3. The van der Waals surface area contributed by atoms with Gasteiger partial charge in [-0.1, -0.05) is 35.9 Å². The maximum atomic E-state index is 13.6. The molecule has 0 spiro atoms. The molecule has 11 nitrogen and oxygen atoms in total. The van der Waals surface area contributed by atoms with Crippen molar-refractivity contribution in [2.75, 3.05) is 0 Å². The third-order valence-corrected chi connectivity index (χ3v) is 6.09. The molecule has 1 fully saturated rings. The average molecular weight is 485 g/mol. The molecule has 3 amide bonds. The maximum Gasteiger partial charge on any atom is 0.282 e. The molecule has 4 rings (SSSR count). The van der Waals surface area contributed by atoms with Crippen LogP contribution in [0.3, 0.4) is 0 Å². The van der Waals surface area contributed by atoms with Gasteiger partial charge in [-0.05, 0) is 31.0 Å². The zero-order valence-electron chi connectivity index (χ0n) is 17.5. The number of para-hydroxylation sites is 1. The molecule has 0 saturated carbocycles. The van der Waals surface area contributed by atoms with E-state index in [9.17, 15) is 34.6 Å². The van der Waals surface area contributed by atoms with Crippen LogP contribution >= 0.6 is 11.6 Å². The number of nitro benzene ring substituents is 2. The lowest BCUT2D eigenvalue weighted by molar-refractivity contribution is -0.385. The van der Waals surface area contributed by atoms with E-state index in [-0.39, 0.29) is 16.1 Å². The van der Waals surface area contributed by atoms with Crippen LogP contribution in [0.15, 0.2) is 54.6 Å². The van der Waals surface area contributed by atoms with E-state index in [1.807, 2.05) is 0 Å². The number of rotatable bonds is 6. The van der Waals surface area contributed by atoms with Crippen molar-refractivity contribution in [2.24, 2.45) is 11.8 Å². The molecule has 0 aromatic heterocycles. The summed E-state index contributed by atoms with van der Waals surface area (Å²) in [5, 5.41) is 24.6. The van der Waals surface area contributed by atoms with Crippen molar-refractivity contribution < 1.29 is 24.2 Å². The van der Waals surface area contributed by atoms with Crippen LogP contribution in [0.4, 0.5) is 11.4 Å². The summed E-state index contributed by atoms with van der Waals surface area (Å²) in [6, 6.07) is 8.85. The Morgan fingerprint density at radius 3 is 2.15 bits per heavy atom. The minimum atomic E-state index is -1.01. The molecule has 1 aliphatic heterocycles. The van der Waals surface area contributed by atoms with E-state index in [0.717, 1.165) is 17.1 Å². The van der Waals surface area contributed by atoms with Crippen molar-refractivity contribution in [3.05, 3.63) is 91.0 Å². The summed E-state index contributed by atoms with van der Waals surface area (Å²) in [6.07, 6.45) is 4.16. The van der Waals surface area contributed by atoms with Crippen molar-refractivity contribution in [3.8, 4) is 0 Å². The van der Waals surface area contributed by atoms with E-state index >= 15 is 0 Å². The van der Waals surface area contributed by atoms with Gasteiger partial charge in [0, 0.05) is 17.2 Å². The maximum absolute atomic E-state index is 13.6. The molecule has 2 aliphatic rings. The van der Waals surface area contributed by atoms with E-state index in [4.69, 9.17) is 11.6 Å². The van der Waals surface area contributed by atoms with Gasteiger partial charge in [0.2, 0.25) is 0 Å². The van der Waals surface area contributed by atoms with E-state index in [0.29, 0.717) is 17.9 Å². The number of halogens is 1. The van der Waals surface area contributed by atoms with Crippen LogP contribution in [0.5, 0.6) is 0 Å². The number of nitrogens with zero attached hydrogens (tertiary/aromatic N) is 4. The summed E-state index contributed by atoms with van der Waals surface area (Å²) in [4.78, 5) is 61.6. The Balaban J connectivity index is 1.82. The molecule has 0 unspecified atom stereocenters. The van der Waals surface area contributed by atoms with Gasteiger partial charge in [-0.3, -0.25) is 34.6 Å². The number of hydrazine groups is 1. The monoisotopic (exact) mass is 484 g/mol. The molecule has 174 valence electrons. The molecule has 0 radical (unpaired) electrons. The Kier molecular flexibility index (Phi) is 6.12. The first kappa shape index (κ1) is 23.1. The first-order chi connectivity index (χ1) is 16.2. The van der Waals surface area contributed by atoms with Gasteiger partial charge in [-0.15, -0.1) is 0 Å². The Labute approximate surface area is 197 Å². The molecule has 2 aromatic rings. The molecule has 2 aromatic carbocycles. The zero-order valence-corrected chi connectivity index (χ0v) is 18.3. The number of hydrogen-bond donors (Lipinski definition) is 0. The fraction of sp³-hybridized carbons (Fsp3) is 0.227. The number of nitro groups is 2. The van der Waals surface area contributed by atoms with Gasteiger partial charge in [0.05, 0.1) is 33.8 Å². The van der Waals surface area contributed by atoms with E-state index in [2.05, 4.69) is 0 Å². The van der Waals surface area contributed by atoms with Gasteiger partial charge in [0.1, 0.15) is 5.56 Å².